The van der Waals surface area contributed by atoms with Gasteiger partial charge in [-0.05, 0) is 30.5 Å². The molecule has 0 radical (unpaired) electrons. The molecule has 68 valence electrons. The topological polar surface area (TPSA) is 0 Å². The van der Waals surface area contributed by atoms with E-state index in [1.807, 2.05) is 0 Å². The molecule has 0 aromatic heterocycles. The van der Waals surface area contributed by atoms with Crippen LogP contribution in [0, 0.1) is 0 Å². The van der Waals surface area contributed by atoms with Crippen molar-refractivity contribution in [2.75, 3.05) is 0 Å². The van der Waals surface area contributed by atoms with Gasteiger partial charge in [-0.15, -0.1) is 0 Å². The predicted octanol–water partition coefficient (Wildman–Crippen LogP) is 2.25. The molecule has 1 aliphatic heterocycles. The Morgan fingerprint density at radius 1 is 1.46 bits per heavy atom. The molecule has 0 nitrogen and oxygen atoms in total. The third kappa shape index (κ3) is 0.974. The SMILES string of the molecule is B[C@H]1C[C@H](CC)P1C1C2=CC=C1C2. The number of hydrogen-bond donors (Lipinski definition) is 0. The molecule has 2 fully saturated rings. The highest BCUT2D eigenvalue weighted by molar-refractivity contribution is 7.64. The van der Waals surface area contributed by atoms with E-state index in [1.54, 1.807) is 11.1 Å². The maximum absolute atomic E-state index is 2.47. The highest BCUT2D eigenvalue weighted by Gasteiger charge is 2.48. The third-order valence-corrected chi connectivity index (χ3v) is 7.84. The van der Waals surface area contributed by atoms with E-state index in [-0.39, 0.29) is 0 Å². The van der Waals surface area contributed by atoms with E-state index in [2.05, 4.69) is 26.9 Å². The molecular formula is C11H16BP. The van der Waals surface area contributed by atoms with Gasteiger partial charge in [0.2, 0.25) is 0 Å². The molecule has 13 heavy (non-hydrogen) atoms. The molecule has 0 aromatic carbocycles. The van der Waals surface area contributed by atoms with E-state index in [1.165, 1.54) is 19.3 Å². The molecule has 4 rings (SSSR count). The molecule has 2 heteroatoms. The summed E-state index contributed by atoms with van der Waals surface area (Å²) in [6, 6.07) is 0. The molecule has 0 amide bonds. The van der Waals surface area contributed by atoms with Crippen LogP contribution < -0.4 is 0 Å². The average Bonchev–Trinajstić information content (AvgIpc) is 2.70. The molecule has 1 unspecified atom stereocenters. The number of hydrogen-bond acceptors (Lipinski definition) is 0. The van der Waals surface area contributed by atoms with Gasteiger partial charge < -0.3 is 0 Å². The van der Waals surface area contributed by atoms with Crippen molar-refractivity contribution < 1.29 is 0 Å². The van der Waals surface area contributed by atoms with Gasteiger partial charge in [0, 0.05) is 5.66 Å². The first-order valence-corrected chi connectivity index (χ1v) is 7.03. The van der Waals surface area contributed by atoms with Gasteiger partial charge in [-0.3, -0.25) is 0 Å². The summed E-state index contributed by atoms with van der Waals surface area (Å²) in [6.45, 7) is 2.37. The van der Waals surface area contributed by atoms with Crippen molar-refractivity contribution in [2.24, 2.45) is 0 Å². The van der Waals surface area contributed by atoms with Crippen molar-refractivity contribution in [1.82, 2.24) is 0 Å². The van der Waals surface area contributed by atoms with E-state index in [9.17, 15) is 0 Å². The smallest absolute Gasteiger partial charge is 0.0968 e. The standard InChI is InChI=1S/C11H16BP/c1-2-9-6-10(12)13(9)11-7-3-4-8(11)5-7/h3-4,9-11H,2,5-6,12H2,1H3/t9-,10+,13?/m0/s1. The van der Waals surface area contributed by atoms with E-state index < -0.39 is 0 Å². The fourth-order valence-corrected chi connectivity index (χ4v) is 6.99. The molecule has 1 saturated heterocycles. The van der Waals surface area contributed by atoms with Crippen LogP contribution in [0.5, 0.6) is 0 Å². The second-order valence-electron chi connectivity index (χ2n) is 4.66. The first-order chi connectivity index (χ1) is 6.31. The third-order valence-electron chi connectivity index (χ3n) is 3.94. The van der Waals surface area contributed by atoms with E-state index in [0.29, 0.717) is 7.92 Å². The van der Waals surface area contributed by atoms with Gasteiger partial charge in [0.05, 0.1) is 0 Å². The van der Waals surface area contributed by atoms with Crippen LogP contribution >= 0.6 is 7.92 Å². The van der Waals surface area contributed by atoms with Crippen LogP contribution in [0.15, 0.2) is 23.3 Å². The van der Waals surface area contributed by atoms with Gasteiger partial charge in [-0.25, -0.2) is 0 Å². The second-order valence-corrected chi connectivity index (χ2v) is 7.68. The molecule has 0 N–H and O–H groups in total. The van der Waals surface area contributed by atoms with Crippen molar-refractivity contribution in [3.63, 3.8) is 0 Å². The van der Waals surface area contributed by atoms with Gasteiger partial charge in [0.15, 0.2) is 0 Å². The van der Waals surface area contributed by atoms with Gasteiger partial charge in [-0.1, -0.05) is 38.1 Å². The van der Waals surface area contributed by atoms with Crippen molar-refractivity contribution in [3.05, 3.63) is 23.3 Å². The average molecular weight is 190 g/mol. The van der Waals surface area contributed by atoms with Gasteiger partial charge in [0.1, 0.15) is 7.85 Å². The summed E-state index contributed by atoms with van der Waals surface area (Å²) in [5.74, 6) is 0. The van der Waals surface area contributed by atoms with Crippen LogP contribution in [0.3, 0.4) is 0 Å². The fraction of sp³-hybridized carbons (Fsp3) is 0.636. The number of allylic oxidation sites excluding steroid dienone is 4. The molecule has 1 saturated carbocycles. The molecule has 0 spiro atoms. The van der Waals surface area contributed by atoms with Crippen molar-refractivity contribution in [3.8, 4) is 0 Å². The number of fused-ring (bicyclic) bond motifs is 1. The summed E-state index contributed by atoms with van der Waals surface area (Å²) in [5, 5.41) is 0. The summed E-state index contributed by atoms with van der Waals surface area (Å²) in [6.07, 6.45) is 9.05. The summed E-state index contributed by atoms with van der Waals surface area (Å²) in [7, 11) is 2.82. The van der Waals surface area contributed by atoms with Crippen LogP contribution in [0.2, 0.25) is 0 Å². The zero-order chi connectivity index (χ0) is 9.00. The molecular weight excluding hydrogens is 174 g/mol. The van der Waals surface area contributed by atoms with Gasteiger partial charge >= 0.3 is 0 Å². The van der Waals surface area contributed by atoms with Gasteiger partial charge in [0.25, 0.3) is 0 Å². The number of rotatable bonds is 2. The minimum Gasteiger partial charge on any atom is -0.0968 e. The Morgan fingerprint density at radius 3 is 2.62 bits per heavy atom. The van der Waals surface area contributed by atoms with Gasteiger partial charge in [-0.2, -0.15) is 0 Å². The summed E-state index contributed by atoms with van der Waals surface area (Å²) < 4.78 is 0. The van der Waals surface area contributed by atoms with Crippen LogP contribution in [0.4, 0.5) is 0 Å². The maximum Gasteiger partial charge on any atom is 0.111 e. The van der Waals surface area contributed by atoms with Crippen LogP contribution in [-0.2, 0) is 0 Å². The van der Waals surface area contributed by atoms with Crippen LogP contribution in [-0.4, -0.2) is 24.7 Å². The molecule has 2 bridgehead atoms. The summed E-state index contributed by atoms with van der Waals surface area (Å²) in [5.41, 5.74) is 6.66. The molecule has 4 aliphatic rings. The largest absolute Gasteiger partial charge is 0.111 e. The van der Waals surface area contributed by atoms with Crippen LogP contribution in [0.1, 0.15) is 26.2 Å². The zero-order valence-electron chi connectivity index (χ0n) is 8.46. The lowest BCUT2D eigenvalue weighted by Gasteiger charge is -2.52. The van der Waals surface area contributed by atoms with Crippen molar-refractivity contribution in [2.45, 2.75) is 43.1 Å². The summed E-state index contributed by atoms with van der Waals surface area (Å²) >= 11 is 0. The summed E-state index contributed by atoms with van der Waals surface area (Å²) in [4.78, 5) is 0. The Kier molecular flexibility index (Phi) is 1.74. The lowest BCUT2D eigenvalue weighted by atomic mass is 9.91. The van der Waals surface area contributed by atoms with E-state index in [4.69, 9.17) is 0 Å². The zero-order valence-corrected chi connectivity index (χ0v) is 9.35. The quantitative estimate of drug-likeness (QED) is 0.462. The minimum atomic E-state index is 0.350. The molecule has 3 aliphatic carbocycles. The van der Waals surface area contributed by atoms with Crippen molar-refractivity contribution in [1.29, 1.82) is 0 Å². The highest BCUT2D eigenvalue weighted by Crippen LogP contribution is 2.70. The molecule has 0 aromatic rings. The van der Waals surface area contributed by atoms with Crippen molar-refractivity contribution >= 4 is 15.8 Å². The lowest BCUT2D eigenvalue weighted by Crippen LogP contribution is -2.39. The fourth-order valence-electron chi connectivity index (χ4n) is 3.14. The monoisotopic (exact) mass is 190 g/mol. The Balaban J connectivity index is 1.79. The Hall–Kier alpha value is -0.0251. The van der Waals surface area contributed by atoms with E-state index >= 15 is 0 Å². The maximum atomic E-state index is 2.47. The predicted molar refractivity (Wildman–Crippen MR) is 62.5 cm³/mol. The van der Waals surface area contributed by atoms with E-state index in [0.717, 1.165) is 16.9 Å². The minimum absolute atomic E-state index is 0.350. The highest BCUT2D eigenvalue weighted by atomic mass is 31.1. The molecule has 1 heterocycles. The Morgan fingerprint density at radius 2 is 2.15 bits per heavy atom. The Labute approximate surface area is 82.6 Å². The normalized spacial score (nSPS) is 42.1. The van der Waals surface area contributed by atoms with Crippen LogP contribution in [0.25, 0.3) is 0 Å². The second kappa shape index (κ2) is 2.73. The Bertz CT molecular complexity index is 287. The molecule has 3 atom stereocenters. The first kappa shape index (κ1) is 8.30. The first-order valence-electron chi connectivity index (χ1n) is 5.48. The lowest BCUT2D eigenvalue weighted by molar-refractivity contribution is 0.684.